The van der Waals surface area contributed by atoms with E-state index >= 15 is 0 Å². The molecule has 2 fully saturated rings. The molecule has 0 aromatic carbocycles. The maximum atomic E-state index is 6.21. The summed E-state index contributed by atoms with van der Waals surface area (Å²) < 4.78 is 0. The SMILES string of the molecule is CCN(CC1(CN)CCCCCC1)C1CCCCC1. The normalized spacial score (nSPS) is 25.4. The molecule has 112 valence electrons. The fourth-order valence-corrected chi connectivity index (χ4v) is 4.28. The van der Waals surface area contributed by atoms with Crippen LogP contribution in [0.4, 0.5) is 0 Å². The van der Waals surface area contributed by atoms with Gasteiger partial charge in [-0.2, -0.15) is 0 Å². The number of nitrogens with zero attached hydrogens (tertiary/aromatic N) is 1. The van der Waals surface area contributed by atoms with Crippen LogP contribution in [0.25, 0.3) is 0 Å². The molecule has 2 heteroatoms. The summed E-state index contributed by atoms with van der Waals surface area (Å²) in [5.41, 5.74) is 6.65. The average molecular weight is 266 g/mol. The molecule has 0 unspecified atom stereocenters. The lowest BCUT2D eigenvalue weighted by Crippen LogP contribution is -2.47. The van der Waals surface area contributed by atoms with E-state index in [9.17, 15) is 0 Å². The Morgan fingerprint density at radius 1 is 0.947 bits per heavy atom. The molecule has 2 aliphatic carbocycles. The zero-order chi connectivity index (χ0) is 13.6. The van der Waals surface area contributed by atoms with Crippen LogP contribution in [0.15, 0.2) is 0 Å². The molecular weight excluding hydrogens is 232 g/mol. The zero-order valence-corrected chi connectivity index (χ0v) is 13.0. The number of hydrogen-bond acceptors (Lipinski definition) is 2. The van der Waals surface area contributed by atoms with Gasteiger partial charge in [0.1, 0.15) is 0 Å². The molecule has 0 aromatic rings. The van der Waals surface area contributed by atoms with Gasteiger partial charge in [-0.25, -0.2) is 0 Å². The van der Waals surface area contributed by atoms with Gasteiger partial charge >= 0.3 is 0 Å². The van der Waals surface area contributed by atoms with Crippen LogP contribution in [-0.2, 0) is 0 Å². The van der Waals surface area contributed by atoms with E-state index in [0.29, 0.717) is 5.41 Å². The molecule has 0 heterocycles. The van der Waals surface area contributed by atoms with Crippen molar-refractivity contribution >= 4 is 0 Å². The molecule has 2 nitrogen and oxygen atoms in total. The Bertz CT molecular complexity index is 238. The van der Waals surface area contributed by atoms with Crippen molar-refractivity contribution in [3.8, 4) is 0 Å². The smallest absolute Gasteiger partial charge is 0.00953 e. The largest absolute Gasteiger partial charge is 0.330 e. The number of hydrogen-bond donors (Lipinski definition) is 1. The Balaban J connectivity index is 1.97. The van der Waals surface area contributed by atoms with Gasteiger partial charge < -0.3 is 10.6 Å². The Hall–Kier alpha value is -0.0800. The minimum atomic E-state index is 0.434. The van der Waals surface area contributed by atoms with E-state index < -0.39 is 0 Å². The van der Waals surface area contributed by atoms with Gasteiger partial charge in [-0.3, -0.25) is 0 Å². The second-order valence-corrected chi connectivity index (χ2v) is 6.97. The van der Waals surface area contributed by atoms with Crippen LogP contribution in [0.5, 0.6) is 0 Å². The predicted octanol–water partition coefficient (Wildman–Crippen LogP) is 3.94. The molecule has 2 aliphatic rings. The minimum absolute atomic E-state index is 0.434. The molecule has 2 rings (SSSR count). The molecule has 0 spiro atoms. The number of nitrogens with two attached hydrogens (primary N) is 1. The second kappa shape index (κ2) is 7.64. The molecule has 19 heavy (non-hydrogen) atoms. The third-order valence-electron chi connectivity index (χ3n) is 5.63. The third kappa shape index (κ3) is 4.19. The van der Waals surface area contributed by atoms with E-state index in [4.69, 9.17) is 5.73 Å². The van der Waals surface area contributed by atoms with Gasteiger partial charge in [-0.15, -0.1) is 0 Å². The van der Waals surface area contributed by atoms with Gasteiger partial charge in [-0.05, 0) is 44.2 Å². The summed E-state index contributed by atoms with van der Waals surface area (Å²) >= 11 is 0. The quantitative estimate of drug-likeness (QED) is 0.764. The summed E-state index contributed by atoms with van der Waals surface area (Å²) in [5, 5.41) is 0. The predicted molar refractivity (Wildman–Crippen MR) is 83.3 cm³/mol. The summed E-state index contributed by atoms with van der Waals surface area (Å²) in [6.07, 6.45) is 15.6. The summed E-state index contributed by atoms with van der Waals surface area (Å²) in [7, 11) is 0. The van der Waals surface area contributed by atoms with Crippen molar-refractivity contribution in [2.75, 3.05) is 19.6 Å². The first-order valence-corrected chi connectivity index (χ1v) is 8.74. The highest BCUT2D eigenvalue weighted by molar-refractivity contribution is 4.88. The zero-order valence-electron chi connectivity index (χ0n) is 13.0. The molecule has 2 N–H and O–H groups in total. The molecular formula is C17H34N2. The topological polar surface area (TPSA) is 29.3 Å². The van der Waals surface area contributed by atoms with Crippen molar-refractivity contribution in [3.63, 3.8) is 0 Å². The first-order valence-electron chi connectivity index (χ1n) is 8.74. The van der Waals surface area contributed by atoms with Gasteiger partial charge in [0.25, 0.3) is 0 Å². The van der Waals surface area contributed by atoms with E-state index in [1.165, 1.54) is 83.7 Å². The highest BCUT2D eigenvalue weighted by Gasteiger charge is 2.33. The third-order valence-corrected chi connectivity index (χ3v) is 5.63. The lowest BCUT2D eigenvalue weighted by molar-refractivity contribution is 0.0854. The highest BCUT2D eigenvalue weighted by atomic mass is 15.2. The molecule has 0 saturated heterocycles. The van der Waals surface area contributed by atoms with Crippen LogP contribution < -0.4 is 5.73 Å². The molecule has 2 saturated carbocycles. The van der Waals surface area contributed by atoms with Crippen LogP contribution in [0.3, 0.4) is 0 Å². The monoisotopic (exact) mass is 266 g/mol. The van der Waals surface area contributed by atoms with Crippen molar-refractivity contribution in [2.45, 2.75) is 83.6 Å². The van der Waals surface area contributed by atoms with Crippen LogP contribution in [0.2, 0.25) is 0 Å². The van der Waals surface area contributed by atoms with E-state index in [0.717, 1.165) is 12.6 Å². The van der Waals surface area contributed by atoms with Crippen LogP contribution >= 0.6 is 0 Å². The van der Waals surface area contributed by atoms with Gasteiger partial charge in [0.05, 0.1) is 0 Å². The lowest BCUT2D eigenvalue weighted by atomic mass is 9.79. The fourth-order valence-electron chi connectivity index (χ4n) is 4.28. The van der Waals surface area contributed by atoms with Gasteiger partial charge in [-0.1, -0.05) is 51.9 Å². The Labute approximate surface area is 120 Å². The van der Waals surface area contributed by atoms with Gasteiger partial charge in [0, 0.05) is 12.6 Å². The van der Waals surface area contributed by atoms with E-state index in [-0.39, 0.29) is 0 Å². The van der Waals surface area contributed by atoms with Crippen molar-refractivity contribution in [3.05, 3.63) is 0 Å². The first kappa shape index (κ1) is 15.3. The molecule has 0 aromatic heterocycles. The van der Waals surface area contributed by atoms with Gasteiger partial charge in [0.15, 0.2) is 0 Å². The van der Waals surface area contributed by atoms with Crippen molar-refractivity contribution < 1.29 is 0 Å². The molecule has 0 bridgehead atoms. The van der Waals surface area contributed by atoms with Crippen LogP contribution in [-0.4, -0.2) is 30.6 Å². The highest BCUT2D eigenvalue weighted by Crippen LogP contribution is 2.36. The molecule has 0 aliphatic heterocycles. The van der Waals surface area contributed by atoms with E-state index in [1.807, 2.05) is 0 Å². The first-order chi connectivity index (χ1) is 9.29. The summed E-state index contributed by atoms with van der Waals surface area (Å²) in [6.45, 7) is 5.73. The van der Waals surface area contributed by atoms with Crippen LogP contribution in [0, 0.1) is 5.41 Å². The molecule has 0 radical (unpaired) electrons. The molecule has 0 amide bonds. The number of rotatable bonds is 5. The fraction of sp³-hybridized carbons (Fsp3) is 1.00. The van der Waals surface area contributed by atoms with E-state index in [1.54, 1.807) is 0 Å². The average Bonchev–Trinajstić information content (AvgIpc) is 2.72. The van der Waals surface area contributed by atoms with Crippen molar-refractivity contribution in [1.82, 2.24) is 4.90 Å². The lowest BCUT2D eigenvalue weighted by Gasteiger charge is -2.41. The van der Waals surface area contributed by atoms with Crippen molar-refractivity contribution in [2.24, 2.45) is 11.1 Å². The second-order valence-electron chi connectivity index (χ2n) is 6.97. The molecule has 0 atom stereocenters. The van der Waals surface area contributed by atoms with E-state index in [2.05, 4.69) is 11.8 Å². The Kier molecular flexibility index (Phi) is 6.15. The summed E-state index contributed by atoms with van der Waals surface area (Å²) in [5.74, 6) is 0. The van der Waals surface area contributed by atoms with Gasteiger partial charge in [0.2, 0.25) is 0 Å². The minimum Gasteiger partial charge on any atom is -0.330 e. The van der Waals surface area contributed by atoms with Crippen molar-refractivity contribution in [1.29, 1.82) is 0 Å². The standard InChI is InChI=1S/C17H34N2/c1-2-19(16-10-6-5-7-11-16)15-17(14-18)12-8-3-4-9-13-17/h16H,2-15,18H2,1H3. The maximum Gasteiger partial charge on any atom is 0.00953 e. The maximum absolute atomic E-state index is 6.21. The Morgan fingerprint density at radius 2 is 1.53 bits per heavy atom. The summed E-state index contributed by atoms with van der Waals surface area (Å²) in [6, 6.07) is 0.852. The van der Waals surface area contributed by atoms with Crippen LogP contribution in [0.1, 0.15) is 77.6 Å². The summed E-state index contributed by atoms with van der Waals surface area (Å²) in [4.78, 5) is 2.78. The Morgan fingerprint density at radius 3 is 2.05 bits per heavy atom.